The van der Waals surface area contributed by atoms with Crippen LogP contribution in [0.2, 0.25) is 0 Å². The first-order valence-corrected chi connectivity index (χ1v) is 10.7. The van der Waals surface area contributed by atoms with Crippen molar-refractivity contribution in [3.63, 3.8) is 0 Å². The van der Waals surface area contributed by atoms with E-state index in [0.29, 0.717) is 28.6 Å². The van der Waals surface area contributed by atoms with Gasteiger partial charge in [-0.05, 0) is 26.7 Å². The molecule has 3 rings (SSSR count). The smallest absolute Gasteiger partial charge is 0.160 e. The van der Waals surface area contributed by atoms with Crippen LogP contribution < -0.4 is 0 Å². The molecule has 126 valence electrons. The van der Waals surface area contributed by atoms with Gasteiger partial charge in [0.1, 0.15) is 5.76 Å². The molecule has 0 aromatic carbocycles. The number of thiazole rings is 1. The van der Waals surface area contributed by atoms with E-state index in [9.17, 15) is 8.42 Å². The van der Waals surface area contributed by atoms with Crippen LogP contribution in [-0.2, 0) is 21.3 Å². The first kappa shape index (κ1) is 16.6. The number of sulfone groups is 1. The third-order valence-corrected chi connectivity index (χ3v) is 6.96. The zero-order chi connectivity index (χ0) is 16.4. The Labute approximate surface area is 141 Å². The van der Waals surface area contributed by atoms with Gasteiger partial charge in [-0.1, -0.05) is 24.4 Å². The van der Waals surface area contributed by atoms with E-state index in [4.69, 9.17) is 4.52 Å². The minimum Gasteiger partial charge on any atom is -0.361 e. The maximum atomic E-state index is 12.5. The van der Waals surface area contributed by atoms with Gasteiger partial charge < -0.3 is 4.52 Å². The van der Waals surface area contributed by atoms with Crippen LogP contribution in [0.1, 0.15) is 65.7 Å². The Morgan fingerprint density at radius 3 is 2.61 bits per heavy atom. The normalized spacial score (nSPS) is 16.8. The van der Waals surface area contributed by atoms with Gasteiger partial charge in [0.25, 0.3) is 0 Å². The van der Waals surface area contributed by atoms with Crippen molar-refractivity contribution in [2.24, 2.45) is 0 Å². The highest BCUT2D eigenvalue weighted by Crippen LogP contribution is 2.34. The molecule has 1 saturated carbocycles. The van der Waals surface area contributed by atoms with E-state index in [2.05, 4.69) is 10.1 Å². The van der Waals surface area contributed by atoms with Crippen LogP contribution in [0.4, 0.5) is 0 Å². The predicted molar refractivity (Wildman–Crippen MR) is 90.2 cm³/mol. The molecule has 0 atom stereocenters. The maximum absolute atomic E-state index is 12.5. The molecule has 1 aliphatic carbocycles. The molecule has 2 aromatic heterocycles. The summed E-state index contributed by atoms with van der Waals surface area (Å²) in [7, 11) is -3.28. The fourth-order valence-corrected chi connectivity index (χ4v) is 5.78. The lowest BCUT2D eigenvalue weighted by Gasteiger charge is -2.18. The second kappa shape index (κ2) is 6.73. The summed E-state index contributed by atoms with van der Waals surface area (Å²) >= 11 is 1.60. The van der Waals surface area contributed by atoms with Gasteiger partial charge in [-0.2, -0.15) is 0 Å². The summed E-state index contributed by atoms with van der Waals surface area (Å²) in [5.41, 5.74) is 1.99. The van der Waals surface area contributed by atoms with E-state index >= 15 is 0 Å². The molecule has 0 unspecified atom stereocenters. The van der Waals surface area contributed by atoms with Crippen LogP contribution in [-0.4, -0.2) is 18.6 Å². The van der Waals surface area contributed by atoms with E-state index in [-0.39, 0.29) is 11.5 Å². The largest absolute Gasteiger partial charge is 0.361 e. The topological polar surface area (TPSA) is 73.1 Å². The van der Waals surface area contributed by atoms with Gasteiger partial charge in [-0.3, -0.25) is 0 Å². The van der Waals surface area contributed by atoms with E-state index in [1.165, 1.54) is 32.1 Å². The minimum absolute atomic E-state index is 0.0136. The second-order valence-corrected chi connectivity index (χ2v) is 9.30. The molecule has 0 spiro atoms. The lowest BCUT2D eigenvalue weighted by atomic mass is 9.90. The quantitative estimate of drug-likeness (QED) is 0.814. The third kappa shape index (κ3) is 4.01. The fourth-order valence-electron chi connectivity index (χ4n) is 3.13. The van der Waals surface area contributed by atoms with Crippen molar-refractivity contribution in [2.45, 2.75) is 63.4 Å². The van der Waals surface area contributed by atoms with Gasteiger partial charge in [-0.15, -0.1) is 11.3 Å². The summed E-state index contributed by atoms with van der Waals surface area (Å²) in [6.45, 7) is 3.51. The molecule has 2 heterocycles. The highest BCUT2D eigenvalue weighted by Gasteiger charge is 2.23. The Morgan fingerprint density at radius 2 is 1.96 bits per heavy atom. The molecule has 0 aliphatic heterocycles. The molecule has 0 amide bonds. The Morgan fingerprint density at radius 1 is 1.22 bits per heavy atom. The molecular weight excluding hydrogens is 332 g/mol. The number of aromatic nitrogens is 2. The van der Waals surface area contributed by atoms with Crippen molar-refractivity contribution in [3.8, 4) is 0 Å². The molecule has 0 saturated heterocycles. The van der Waals surface area contributed by atoms with E-state index < -0.39 is 9.84 Å². The Balaban J connectivity index is 1.70. The minimum atomic E-state index is -3.28. The standard InChI is InChI=1S/C16H22N2O3S2/c1-11-15(12(2)21-18-11)10-23(19,20)9-14-8-22-16(17-14)13-6-4-3-5-7-13/h8,13H,3-7,9-10H2,1-2H3. The molecule has 7 heteroatoms. The molecule has 0 bridgehead atoms. The van der Waals surface area contributed by atoms with Crippen molar-refractivity contribution < 1.29 is 12.9 Å². The SMILES string of the molecule is Cc1noc(C)c1CS(=O)(=O)Cc1csc(C2CCCCC2)n1. The molecule has 23 heavy (non-hydrogen) atoms. The molecule has 2 aromatic rings. The summed E-state index contributed by atoms with van der Waals surface area (Å²) in [5, 5.41) is 6.82. The van der Waals surface area contributed by atoms with Gasteiger partial charge in [0.05, 0.1) is 27.9 Å². The van der Waals surface area contributed by atoms with Gasteiger partial charge in [0, 0.05) is 16.9 Å². The molecule has 0 N–H and O–H groups in total. The van der Waals surface area contributed by atoms with Crippen molar-refractivity contribution in [1.29, 1.82) is 0 Å². The lowest BCUT2D eigenvalue weighted by Crippen LogP contribution is -2.10. The number of aryl methyl sites for hydroxylation is 2. The molecule has 5 nitrogen and oxygen atoms in total. The lowest BCUT2D eigenvalue weighted by molar-refractivity contribution is 0.392. The van der Waals surface area contributed by atoms with Gasteiger partial charge >= 0.3 is 0 Å². The van der Waals surface area contributed by atoms with Crippen molar-refractivity contribution in [1.82, 2.24) is 10.1 Å². The maximum Gasteiger partial charge on any atom is 0.160 e. The average molecular weight is 354 g/mol. The summed E-state index contributed by atoms with van der Waals surface area (Å²) in [5.74, 6) is 1.05. The average Bonchev–Trinajstić information content (AvgIpc) is 3.09. The van der Waals surface area contributed by atoms with Crippen LogP contribution in [0.25, 0.3) is 0 Å². The van der Waals surface area contributed by atoms with Crippen LogP contribution in [0, 0.1) is 13.8 Å². The number of hydrogen-bond donors (Lipinski definition) is 0. The van der Waals surface area contributed by atoms with E-state index in [1.807, 2.05) is 5.38 Å². The van der Waals surface area contributed by atoms with Crippen LogP contribution in [0.15, 0.2) is 9.90 Å². The molecule has 0 radical (unpaired) electrons. The number of hydrogen-bond acceptors (Lipinski definition) is 6. The first-order chi connectivity index (χ1) is 10.9. The summed E-state index contributed by atoms with van der Waals surface area (Å²) < 4.78 is 30.0. The highest BCUT2D eigenvalue weighted by atomic mass is 32.2. The number of rotatable bonds is 5. The van der Waals surface area contributed by atoms with Crippen LogP contribution >= 0.6 is 11.3 Å². The zero-order valence-corrected chi connectivity index (χ0v) is 15.2. The summed E-state index contributed by atoms with van der Waals surface area (Å²) in [6, 6.07) is 0. The fraction of sp³-hybridized carbons (Fsp3) is 0.625. The monoisotopic (exact) mass is 354 g/mol. The van der Waals surface area contributed by atoms with E-state index in [0.717, 1.165) is 5.01 Å². The van der Waals surface area contributed by atoms with Gasteiger partial charge in [-0.25, -0.2) is 13.4 Å². The summed E-state index contributed by atoms with van der Waals surface area (Å²) in [6.07, 6.45) is 6.17. The van der Waals surface area contributed by atoms with E-state index in [1.54, 1.807) is 25.2 Å². The Hall–Kier alpha value is -1.21. The Kier molecular flexibility index (Phi) is 4.87. The van der Waals surface area contributed by atoms with Crippen LogP contribution in [0.5, 0.6) is 0 Å². The van der Waals surface area contributed by atoms with Crippen molar-refractivity contribution in [2.75, 3.05) is 0 Å². The van der Waals surface area contributed by atoms with Crippen molar-refractivity contribution in [3.05, 3.63) is 33.1 Å². The number of nitrogens with zero attached hydrogens (tertiary/aromatic N) is 2. The molecule has 1 aliphatic rings. The zero-order valence-electron chi connectivity index (χ0n) is 13.5. The van der Waals surface area contributed by atoms with Crippen molar-refractivity contribution >= 4 is 21.2 Å². The third-order valence-electron chi connectivity index (χ3n) is 4.44. The first-order valence-electron chi connectivity index (χ1n) is 8.01. The van der Waals surface area contributed by atoms with Gasteiger partial charge in [0.15, 0.2) is 9.84 Å². The van der Waals surface area contributed by atoms with Gasteiger partial charge in [0.2, 0.25) is 0 Å². The van der Waals surface area contributed by atoms with Crippen LogP contribution in [0.3, 0.4) is 0 Å². The predicted octanol–water partition coefficient (Wildman–Crippen LogP) is 3.91. The second-order valence-electron chi connectivity index (χ2n) is 6.35. The Bertz CT molecular complexity index is 752. The summed E-state index contributed by atoms with van der Waals surface area (Å²) in [4.78, 5) is 4.59. The molecule has 1 fully saturated rings. The highest BCUT2D eigenvalue weighted by molar-refractivity contribution is 7.89. The molecular formula is C16H22N2O3S2.